The molecule has 0 aliphatic heterocycles. The van der Waals surface area contributed by atoms with Crippen molar-refractivity contribution in [3.63, 3.8) is 0 Å². The highest BCUT2D eigenvalue weighted by Crippen LogP contribution is 2.31. The molecule has 1 atom stereocenters. The molecule has 0 radical (unpaired) electrons. The van der Waals surface area contributed by atoms with E-state index in [1.54, 1.807) is 11.3 Å². The van der Waals surface area contributed by atoms with Crippen molar-refractivity contribution in [3.8, 4) is 0 Å². The molecule has 8 heteroatoms. The molecule has 2 aromatic heterocycles. The molecule has 0 aromatic carbocycles. The summed E-state index contributed by atoms with van der Waals surface area (Å²) in [7, 11) is -3.59. The number of hydrogen-bond donors (Lipinski definition) is 2. The SMILES string of the molecule is Cc1ccc(CC(C)NS(=O)(=O)c2cc(CO)sc2Br)s1. The Hall–Kier alpha value is -0.250. The maximum absolute atomic E-state index is 12.4. The first-order valence-electron chi connectivity index (χ1n) is 6.28. The molecule has 0 saturated heterocycles. The molecule has 0 aliphatic rings. The summed E-state index contributed by atoms with van der Waals surface area (Å²) in [5.74, 6) is 0. The Morgan fingerprint density at radius 3 is 2.57 bits per heavy atom. The molecule has 2 aromatic rings. The molecule has 2 N–H and O–H groups in total. The van der Waals surface area contributed by atoms with Crippen molar-refractivity contribution in [2.45, 2.75) is 37.8 Å². The monoisotopic (exact) mass is 409 g/mol. The highest BCUT2D eigenvalue weighted by Gasteiger charge is 2.23. The zero-order valence-electron chi connectivity index (χ0n) is 11.6. The van der Waals surface area contributed by atoms with Crippen LogP contribution in [-0.2, 0) is 23.1 Å². The Balaban J connectivity index is 2.11. The number of hydrogen-bond acceptors (Lipinski definition) is 5. The van der Waals surface area contributed by atoms with Gasteiger partial charge in [-0.3, -0.25) is 0 Å². The Morgan fingerprint density at radius 2 is 2.05 bits per heavy atom. The Kier molecular flexibility index (Phi) is 5.61. The third kappa shape index (κ3) is 4.37. The second-order valence-corrected chi connectivity index (χ2v) is 10.3. The van der Waals surface area contributed by atoms with E-state index in [-0.39, 0.29) is 17.5 Å². The van der Waals surface area contributed by atoms with E-state index in [1.807, 2.05) is 26.0 Å². The molecule has 0 bridgehead atoms. The van der Waals surface area contributed by atoms with Crippen molar-refractivity contribution in [3.05, 3.63) is 36.6 Å². The van der Waals surface area contributed by atoms with Crippen molar-refractivity contribution in [1.82, 2.24) is 4.72 Å². The van der Waals surface area contributed by atoms with Gasteiger partial charge >= 0.3 is 0 Å². The van der Waals surface area contributed by atoms with Gasteiger partial charge in [-0.1, -0.05) is 0 Å². The first-order chi connectivity index (χ1) is 9.81. The lowest BCUT2D eigenvalue weighted by Gasteiger charge is -2.13. The summed E-state index contributed by atoms with van der Waals surface area (Å²) < 4.78 is 27.9. The van der Waals surface area contributed by atoms with Crippen molar-refractivity contribution in [2.24, 2.45) is 0 Å². The van der Waals surface area contributed by atoms with Gasteiger partial charge in [0.15, 0.2) is 0 Å². The largest absolute Gasteiger partial charge is 0.391 e. The van der Waals surface area contributed by atoms with Crippen LogP contribution < -0.4 is 4.72 Å². The van der Waals surface area contributed by atoms with Gasteiger partial charge in [-0.05, 0) is 54.4 Å². The van der Waals surface area contributed by atoms with Crippen LogP contribution in [0.15, 0.2) is 26.9 Å². The van der Waals surface area contributed by atoms with Crippen LogP contribution in [-0.4, -0.2) is 19.6 Å². The van der Waals surface area contributed by atoms with Gasteiger partial charge in [0.05, 0.1) is 10.4 Å². The fourth-order valence-electron chi connectivity index (χ4n) is 1.93. The maximum atomic E-state index is 12.4. The van der Waals surface area contributed by atoms with Crippen LogP contribution >= 0.6 is 38.6 Å². The minimum absolute atomic E-state index is 0.164. The molecule has 116 valence electrons. The number of aliphatic hydroxyl groups excluding tert-OH is 1. The molecule has 0 aliphatic carbocycles. The predicted octanol–water partition coefficient (Wildman–Crippen LogP) is 3.28. The quantitative estimate of drug-likeness (QED) is 0.768. The van der Waals surface area contributed by atoms with E-state index in [4.69, 9.17) is 5.11 Å². The van der Waals surface area contributed by atoms with Gasteiger partial charge < -0.3 is 5.11 Å². The van der Waals surface area contributed by atoms with E-state index < -0.39 is 10.0 Å². The van der Waals surface area contributed by atoms with E-state index in [1.165, 1.54) is 22.3 Å². The highest BCUT2D eigenvalue weighted by atomic mass is 79.9. The average Bonchev–Trinajstić information content (AvgIpc) is 2.95. The van der Waals surface area contributed by atoms with Crippen LogP contribution in [0, 0.1) is 6.92 Å². The van der Waals surface area contributed by atoms with Crippen molar-refractivity contribution >= 4 is 48.6 Å². The Bertz CT molecular complexity index is 721. The topological polar surface area (TPSA) is 66.4 Å². The van der Waals surface area contributed by atoms with Crippen LogP contribution in [0.5, 0.6) is 0 Å². The van der Waals surface area contributed by atoms with Crippen LogP contribution in [0.4, 0.5) is 0 Å². The van der Waals surface area contributed by atoms with Gasteiger partial charge in [-0.15, -0.1) is 22.7 Å². The number of aliphatic hydroxyl groups is 1. The average molecular weight is 410 g/mol. The molecule has 4 nitrogen and oxygen atoms in total. The first kappa shape index (κ1) is 17.1. The Morgan fingerprint density at radius 1 is 1.33 bits per heavy atom. The lowest BCUT2D eigenvalue weighted by Crippen LogP contribution is -2.33. The number of rotatable bonds is 6. The van der Waals surface area contributed by atoms with Crippen LogP contribution in [0.25, 0.3) is 0 Å². The minimum atomic E-state index is -3.59. The summed E-state index contributed by atoms with van der Waals surface area (Å²) in [5.41, 5.74) is 0. The molecule has 1 unspecified atom stereocenters. The molecule has 2 heterocycles. The van der Waals surface area contributed by atoms with E-state index >= 15 is 0 Å². The summed E-state index contributed by atoms with van der Waals surface area (Å²) in [6.45, 7) is 3.71. The van der Waals surface area contributed by atoms with Gasteiger partial charge in [0.1, 0.15) is 4.90 Å². The molecule has 0 fully saturated rings. The molecule has 0 amide bonds. The standard InChI is InChI=1S/C13H16BrNO3S3/c1-8(5-10-4-3-9(2)19-10)15-21(17,18)12-6-11(7-16)20-13(12)14/h3-4,6,8,15-16H,5,7H2,1-2H3. The lowest BCUT2D eigenvalue weighted by atomic mass is 10.2. The van der Waals surface area contributed by atoms with Crippen molar-refractivity contribution < 1.29 is 13.5 Å². The fourth-order valence-corrected chi connectivity index (χ4v) is 6.73. The predicted molar refractivity (Wildman–Crippen MR) is 90.5 cm³/mol. The zero-order chi connectivity index (χ0) is 15.6. The highest BCUT2D eigenvalue weighted by molar-refractivity contribution is 9.11. The van der Waals surface area contributed by atoms with Crippen molar-refractivity contribution in [1.29, 1.82) is 0 Å². The van der Waals surface area contributed by atoms with E-state index in [2.05, 4.69) is 20.7 Å². The molecule has 0 saturated carbocycles. The summed E-state index contributed by atoms with van der Waals surface area (Å²) >= 11 is 6.14. The van der Waals surface area contributed by atoms with Gasteiger partial charge in [0, 0.05) is 20.7 Å². The normalized spacial score (nSPS) is 13.5. The van der Waals surface area contributed by atoms with Gasteiger partial charge in [-0.2, -0.15) is 0 Å². The summed E-state index contributed by atoms with van der Waals surface area (Å²) in [5, 5.41) is 9.10. The molecule has 2 rings (SSSR count). The third-order valence-corrected chi connectivity index (χ3v) is 7.66. The summed E-state index contributed by atoms with van der Waals surface area (Å²) in [6.07, 6.45) is 0.659. The molecular weight excluding hydrogens is 394 g/mol. The third-order valence-electron chi connectivity index (χ3n) is 2.81. The maximum Gasteiger partial charge on any atom is 0.242 e. The van der Waals surface area contributed by atoms with Crippen LogP contribution in [0.2, 0.25) is 0 Å². The van der Waals surface area contributed by atoms with Gasteiger partial charge in [-0.25, -0.2) is 13.1 Å². The second kappa shape index (κ2) is 6.89. The summed E-state index contributed by atoms with van der Waals surface area (Å²) in [4.78, 5) is 3.17. The zero-order valence-corrected chi connectivity index (χ0v) is 15.6. The molecule has 21 heavy (non-hydrogen) atoms. The number of halogens is 1. The van der Waals surface area contributed by atoms with E-state index in [9.17, 15) is 8.42 Å². The first-order valence-corrected chi connectivity index (χ1v) is 10.2. The number of sulfonamides is 1. The molecular formula is C13H16BrNO3S3. The second-order valence-electron chi connectivity index (χ2n) is 4.75. The van der Waals surface area contributed by atoms with Gasteiger partial charge in [0.2, 0.25) is 10.0 Å². The van der Waals surface area contributed by atoms with Crippen LogP contribution in [0.3, 0.4) is 0 Å². The van der Waals surface area contributed by atoms with E-state index in [0.29, 0.717) is 15.1 Å². The van der Waals surface area contributed by atoms with Gasteiger partial charge in [0.25, 0.3) is 0 Å². The van der Waals surface area contributed by atoms with Crippen molar-refractivity contribution in [2.75, 3.05) is 0 Å². The smallest absolute Gasteiger partial charge is 0.242 e. The minimum Gasteiger partial charge on any atom is -0.391 e. The summed E-state index contributed by atoms with van der Waals surface area (Å²) in [6, 6.07) is 5.36. The number of nitrogens with one attached hydrogen (secondary N) is 1. The lowest BCUT2D eigenvalue weighted by molar-refractivity contribution is 0.285. The molecule has 0 spiro atoms. The number of thiophene rings is 2. The van der Waals surface area contributed by atoms with Crippen LogP contribution in [0.1, 0.15) is 21.6 Å². The van der Waals surface area contributed by atoms with E-state index in [0.717, 1.165) is 4.88 Å². The Labute approximate surface area is 141 Å². The number of aryl methyl sites for hydroxylation is 1. The fraction of sp³-hybridized carbons (Fsp3) is 0.385.